The zero-order valence-corrected chi connectivity index (χ0v) is 10.3. The number of amides is 2. The number of hydrogen-bond donors (Lipinski definition) is 2. The van der Waals surface area contributed by atoms with Crippen molar-refractivity contribution < 1.29 is 9.59 Å². The third-order valence-corrected chi connectivity index (χ3v) is 3.55. The third-order valence-electron chi connectivity index (χ3n) is 2.64. The predicted molar refractivity (Wildman–Crippen MR) is 63.9 cm³/mol. The smallest absolute Gasteiger partial charge is 0.229 e. The Morgan fingerprint density at radius 3 is 2.71 bits per heavy atom. The SMILES string of the molecule is CC1CC(=O)N(Cc2cnc(NN)s2)C(=O)C1. The topological polar surface area (TPSA) is 88.3 Å². The number of carbonyl (C=O) groups excluding carboxylic acids is 2. The average Bonchev–Trinajstić information content (AvgIpc) is 2.71. The molecule has 0 radical (unpaired) electrons. The maximum Gasteiger partial charge on any atom is 0.229 e. The van der Waals surface area contributed by atoms with Crippen LogP contribution < -0.4 is 11.3 Å². The van der Waals surface area contributed by atoms with E-state index < -0.39 is 0 Å². The van der Waals surface area contributed by atoms with E-state index in [0.29, 0.717) is 24.5 Å². The van der Waals surface area contributed by atoms with E-state index in [1.807, 2.05) is 6.92 Å². The van der Waals surface area contributed by atoms with Crippen LogP contribution in [-0.4, -0.2) is 21.7 Å². The molecule has 1 fully saturated rings. The van der Waals surface area contributed by atoms with E-state index in [1.165, 1.54) is 16.2 Å². The highest BCUT2D eigenvalue weighted by Crippen LogP contribution is 2.24. The molecule has 7 heteroatoms. The highest BCUT2D eigenvalue weighted by atomic mass is 32.1. The molecule has 17 heavy (non-hydrogen) atoms. The second kappa shape index (κ2) is 4.80. The summed E-state index contributed by atoms with van der Waals surface area (Å²) < 4.78 is 0. The average molecular weight is 254 g/mol. The molecule has 3 N–H and O–H groups in total. The molecule has 92 valence electrons. The van der Waals surface area contributed by atoms with Gasteiger partial charge in [0.15, 0.2) is 5.13 Å². The molecule has 2 rings (SSSR count). The van der Waals surface area contributed by atoms with Crippen molar-refractivity contribution in [2.45, 2.75) is 26.3 Å². The lowest BCUT2D eigenvalue weighted by Crippen LogP contribution is -2.41. The number of likely N-dealkylation sites (tertiary alicyclic amines) is 1. The number of nitrogen functional groups attached to an aromatic ring is 1. The second-order valence-corrected chi connectivity index (χ2v) is 5.28. The summed E-state index contributed by atoms with van der Waals surface area (Å²) in [6.45, 7) is 2.21. The van der Waals surface area contributed by atoms with Crippen LogP contribution in [0.2, 0.25) is 0 Å². The summed E-state index contributed by atoms with van der Waals surface area (Å²) in [5.74, 6) is 5.15. The van der Waals surface area contributed by atoms with Crippen molar-refractivity contribution in [1.82, 2.24) is 9.88 Å². The summed E-state index contributed by atoms with van der Waals surface area (Å²) in [4.78, 5) is 29.6. The van der Waals surface area contributed by atoms with Crippen molar-refractivity contribution in [1.29, 1.82) is 0 Å². The molecule has 0 spiro atoms. The molecule has 6 nitrogen and oxygen atoms in total. The van der Waals surface area contributed by atoms with Crippen LogP contribution in [0.15, 0.2) is 6.20 Å². The van der Waals surface area contributed by atoms with Crippen LogP contribution in [0.3, 0.4) is 0 Å². The highest BCUT2D eigenvalue weighted by molar-refractivity contribution is 7.15. The Kier molecular flexibility index (Phi) is 3.39. The largest absolute Gasteiger partial charge is 0.300 e. The fraction of sp³-hybridized carbons (Fsp3) is 0.500. The molecule has 0 saturated carbocycles. The van der Waals surface area contributed by atoms with Crippen molar-refractivity contribution in [3.05, 3.63) is 11.1 Å². The summed E-state index contributed by atoms with van der Waals surface area (Å²) in [5, 5.41) is 0.574. The maximum atomic E-state index is 11.7. The van der Waals surface area contributed by atoms with Crippen molar-refractivity contribution in [2.24, 2.45) is 11.8 Å². The van der Waals surface area contributed by atoms with Crippen molar-refractivity contribution in [2.75, 3.05) is 5.43 Å². The zero-order chi connectivity index (χ0) is 12.4. The van der Waals surface area contributed by atoms with Crippen LogP contribution in [0.1, 0.15) is 24.6 Å². The van der Waals surface area contributed by atoms with Gasteiger partial charge in [0.1, 0.15) is 0 Å². The van der Waals surface area contributed by atoms with Gasteiger partial charge in [0.25, 0.3) is 0 Å². The van der Waals surface area contributed by atoms with E-state index in [0.717, 1.165) is 4.88 Å². The van der Waals surface area contributed by atoms with E-state index in [1.54, 1.807) is 6.20 Å². The second-order valence-electron chi connectivity index (χ2n) is 4.16. The van der Waals surface area contributed by atoms with Crippen molar-refractivity contribution in [3.63, 3.8) is 0 Å². The number of hydrazine groups is 1. The number of thiazole rings is 1. The Bertz CT molecular complexity index is 427. The van der Waals surface area contributed by atoms with Gasteiger partial charge < -0.3 is 0 Å². The number of nitrogens with zero attached hydrogens (tertiary/aromatic N) is 2. The normalized spacial score (nSPS) is 17.6. The van der Waals surface area contributed by atoms with Crippen LogP contribution in [0, 0.1) is 5.92 Å². The molecule has 2 amide bonds. The minimum atomic E-state index is -0.107. The Hall–Kier alpha value is -1.47. The number of nitrogens with two attached hydrogens (primary N) is 1. The van der Waals surface area contributed by atoms with Gasteiger partial charge in [0.2, 0.25) is 11.8 Å². The first-order valence-electron chi connectivity index (χ1n) is 5.34. The van der Waals surface area contributed by atoms with Crippen LogP contribution in [0.25, 0.3) is 0 Å². The number of anilines is 1. The van der Waals surface area contributed by atoms with E-state index in [2.05, 4.69) is 10.4 Å². The monoisotopic (exact) mass is 254 g/mol. The lowest BCUT2D eigenvalue weighted by atomic mass is 9.98. The van der Waals surface area contributed by atoms with Crippen molar-refractivity contribution >= 4 is 28.3 Å². The zero-order valence-electron chi connectivity index (χ0n) is 9.47. The molecule has 0 aromatic carbocycles. The minimum Gasteiger partial charge on any atom is -0.300 e. The molecular formula is C10H14N4O2S. The molecule has 1 aromatic rings. The van der Waals surface area contributed by atoms with Gasteiger partial charge in [0, 0.05) is 23.9 Å². The molecule has 1 aliphatic rings. The highest BCUT2D eigenvalue weighted by Gasteiger charge is 2.30. The van der Waals surface area contributed by atoms with E-state index in [9.17, 15) is 9.59 Å². The standard InChI is InChI=1S/C10H14N4O2S/c1-6-2-8(15)14(9(16)3-6)5-7-4-12-10(13-11)17-7/h4,6H,2-3,5,11H2,1H3,(H,12,13). The van der Waals surface area contributed by atoms with Crippen LogP contribution >= 0.6 is 11.3 Å². The quantitative estimate of drug-likeness (QED) is 0.471. The lowest BCUT2D eigenvalue weighted by molar-refractivity contribution is -0.150. The molecule has 1 aliphatic heterocycles. The maximum absolute atomic E-state index is 11.7. The summed E-state index contributed by atoms with van der Waals surface area (Å²) in [6.07, 6.45) is 2.50. The Morgan fingerprint density at radius 2 is 2.18 bits per heavy atom. The van der Waals surface area contributed by atoms with Crippen LogP contribution in [0.4, 0.5) is 5.13 Å². The van der Waals surface area contributed by atoms with Crippen LogP contribution in [0.5, 0.6) is 0 Å². The molecule has 0 aliphatic carbocycles. The molecule has 1 saturated heterocycles. The fourth-order valence-corrected chi connectivity index (χ4v) is 2.52. The molecule has 2 heterocycles. The summed E-state index contributed by atoms with van der Waals surface area (Å²) in [7, 11) is 0. The Labute approximate surface area is 103 Å². The first-order valence-corrected chi connectivity index (χ1v) is 6.16. The van der Waals surface area contributed by atoms with Crippen LogP contribution in [-0.2, 0) is 16.1 Å². The van der Waals surface area contributed by atoms with Gasteiger partial charge in [-0.2, -0.15) is 0 Å². The summed E-state index contributed by atoms with van der Waals surface area (Å²) in [6, 6.07) is 0. The van der Waals surface area contributed by atoms with Gasteiger partial charge in [-0.1, -0.05) is 18.3 Å². The number of hydrogen-bond acceptors (Lipinski definition) is 6. The number of piperidine rings is 1. The van der Waals surface area contributed by atoms with Gasteiger partial charge in [-0.05, 0) is 5.92 Å². The molecule has 1 aromatic heterocycles. The first kappa shape index (κ1) is 12.0. The summed E-state index contributed by atoms with van der Waals surface area (Å²) in [5.41, 5.74) is 2.43. The fourth-order valence-electron chi connectivity index (χ4n) is 1.81. The summed E-state index contributed by atoms with van der Waals surface area (Å²) >= 11 is 1.34. The predicted octanol–water partition coefficient (Wildman–Crippen LogP) is 0.714. The Morgan fingerprint density at radius 1 is 1.53 bits per heavy atom. The van der Waals surface area contributed by atoms with Gasteiger partial charge in [-0.15, -0.1) is 0 Å². The number of nitrogens with one attached hydrogen (secondary N) is 1. The third kappa shape index (κ3) is 2.62. The molecule has 0 bridgehead atoms. The van der Waals surface area contributed by atoms with Crippen molar-refractivity contribution in [3.8, 4) is 0 Å². The van der Waals surface area contributed by atoms with E-state index in [-0.39, 0.29) is 17.7 Å². The van der Waals surface area contributed by atoms with Gasteiger partial charge >= 0.3 is 0 Å². The number of rotatable bonds is 3. The van der Waals surface area contributed by atoms with E-state index >= 15 is 0 Å². The number of carbonyl (C=O) groups is 2. The van der Waals surface area contributed by atoms with Gasteiger partial charge in [0.05, 0.1) is 6.54 Å². The van der Waals surface area contributed by atoms with Gasteiger partial charge in [-0.3, -0.25) is 19.9 Å². The molecule has 0 atom stereocenters. The minimum absolute atomic E-state index is 0.107. The first-order chi connectivity index (χ1) is 8.10. The van der Waals surface area contributed by atoms with E-state index in [4.69, 9.17) is 5.84 Å². The van der Waals surface area contributed by atoms with Gasteiger partial charge in [-0.25, -0.2) is 10.8 Å². The lowest BCUT2D eigenvalue weighted by Gasteiger charge is -2.27. The molecule has 0 unspecified atom stereocenters. The Balaban J connectivity index is 2.07. The molecular weight excluding hydrogens is 240 g/mol. The number of aromatic nitrogens is 1. The number of imide groups is 1.